The maximum absolute atomic E-state index is 12.3. The maximum atomic E-state index is 12.3. The smallest absolute Gasteiger partial charge is 0.266 e. The Labute approximate surface area is 82.9 Å². The van der Waals surface area contributed by atoms with Crippen LogP contribution in [0.1, 0.15) is 28.0 Å². The first-order valence-corrected chi connectivity index (χ1v) is 3.82. The van der Waals surface area contributed by atoms with Crippen molar-refractivity contribution in [2.24, 2.45) is 0 Å². The summed E-state index contributed by atoms with van der Waals surface area (Å²) in [5.41, 5.74) is -1.14. The number of hydrogen-bond acceptors (Lipinski definition) is 3. The van der Waals surface area contributed by atoms with Gasteiger partial charge in [-0.2, -0.15) is 5.26 Å². The first kappa shape index (κ1) is 10.5. The van der Waals surface area contributed by atoms with E-state index >= 15 is 0 Å². The Bertz CT molecular complexity index is 414. The highest BCUT2D eigenvalue weighted by Crippen LogP contribution is 2.22. The molecular weight excluding hydrogens is 214 g/mol. The van der Waals surface area contributed by atoms with Crippen LogP contribution in [0.5, 0.6) is 0 Å². The molecule has 1 aromatic rings. The standard InChI is InChI=1S/C8H3ClF2N2O/c9-7(14)4-1-5(8(10)11)6(2-12)13-3-4/h1,3,8H. The molecule has 0 N–H and O–H groups in total. The number of alkyl halides is 2. The zero-order chi connectivity index (χ0) is 10.7. The molecule has 0 aliphatic rings. The van der Waals surface area contributed by atoms with Crippen LogP contribution in [0.3, 0.4) is 0 Å². The van der Waals surface area contributed by atoms with E-state index in [0.717, 1.165) is 12.3 Å². The summed E-state index contributed by atoms with van der Waals surface area (Å²) in [6, 6.07) is 2.36. The Morgan fingerprint density at radius 2 is 2.29 bits per heavy atom. The van der Waals surface area contributed by atoms with E-state index in [9.17, 15) is 13.6 Å². The third kappa shape index (κ3) is 2.03. The largest absolute Gasteiger partial charge is 0.276 e. The molecule has 0 aliphatic heterocycles. The van der Waals surface area contributed by atoms with Crippen LogP contribution >= 0.6 is 11.6 Å². The van der Waals surface area contributed by atoms with Gasteiger partial charge in [0.2, 0.25) is 0 Å². The lowest BCUT2D eigenvalue weighted by Gasteiger charge is -2.02. The SMILES string of the molecule is N#Cc1ncc(C(=O)Cl)cc1C(F)F. The van der Waals surface area contributed by atoms with Gasteiger partial charge in [-0.1, -0.05) is 0 Å². The van der Waals surface area contributed by atoms with Crippen LogP contribution in [0.25, 0.3) is 0 Å². The van der Waals surface area contributed by atoms with Crippen molar-refractivity contribution in [2.45, 2.75) is 6.43 Å². The lowest BCUT2D eigenvalue weighted by atomic mass is 10.1. The lowest BCUT2D eigenvalue weighted by Crippen LogP contribution is -1.99. The molecule has 0 aliphatic carbocycles. The van der Waals surface area contributed by atoms with Crippen LogP contribution in [0.15, 0.2) is 12.3 Å². The first-order chi connectivity index (χ1) is 6.56. The molecule has 0 aromatic carbocycles. The molecular formula is C8H3ClF2N2O. The highest BCUT2D eigenvalue weighted by atomic mass is 35.5. The second-order valence-electron chi connectivity index (χ2n) is 2.35. The maximum Gasteiger partial charge on any atom is 0.266 e. The molecule has 6 heteroatoms. The number of nitrogens with zero attached hydrogens (tertiary/aromatic N) is 2. The van der Waals surface area contributed by atoms with Crippen LogP contribution in [0.2, 0.25) is 0 Å². The fraction of sp³-hybridized carbons (Fsp3) is 0.125. The Kier molecular flexibility index (Phi) is 3.10. The predicted octanol–water partition coefficient (Wildman–Crippen LogP) is 2.27. The minimum absolute atomic E-state index is 0.152. The van der Waals surface area contributed by atoms with Gasteiger partial charge >= 0.3 is 0 Å². The Balaban J connectivity index is 3.29. The summed E-state index contributed by atoms with van der Waals surface area (Å²) >= 11 is 5.07. The van der Waals surface area contributed by atoms with E-state index in [1.54, 1.807) is 0 Å². The van der Waals surface area contributed by atoms with Crippen molar-refractivity contribution in [2.75, 3.05) is 0 Å². The van der Waals surface area contributed by atoms with Crippen LogP contribution in [-0.4, -0.2) is 10.2 Å². The van der Waals surface area contributed by atoms with Crippen molar-refractivity contribution in [1.82, 2.24) is 4.98 Å². The van der Waals surface area contributed by atoms with Gasteiger partial charge in [0, 0.05) is 6.20 Å². The van der Waals surface area contributed by atoms with Gasteiger partial charge in [0.25, 0.3) is 11.7 Å². The molecule has 14 heavy (non-hydrogen) atoms. The van der Waals surface area contributed by atoms with Gasteiger partial charge in [-0.15, -0.1) is 0 Å². The van der Waals surface area contributed by atoms with Gasteiger partial charge in [0.05, 0.1) is 11.1 Å². The second kappa shape index (κ2) is 4.11. The first-order valence-electron chi connectivity index (χ1n) is 3.44. The quantitative estimate of drug-likeness (QED) is 0.713. The molecule has 0 bridgehead atoms. The van der Waals surface area contributed by atoms with Gasteiger partial charge in [-0.3, -0.25) is 4.79 Å². The second-order valence-corrected chi connectivity index (χ2v) is 2.69. The summed E-state index contributed by atoms with van der Waals surface area (Å²) in [5, 5.41) is 7.55. The van der Waals surface area contributed by atoms with Gasteiger partial charge in [0.15, 0.2) is 0 Å². The lowest BCUT2D eigenvalue weighted by molar-refractivity contribution is 0.108. The van der Waals surface area contributed by atoms with Gasteiger partial charge < -0.3 is 0 Å². The topological polar surface area (TPSA) is 53.8 Å². The summed E-state index contributed by atoms with van der Waals surface area (Å²) in [4.78, 5) is 14.0. The molecule has 0 radical (unpaired) electrons. The summed E-state index contributed by atoms with van der Waals surface area (Å²) < 4.78 is 24.6. The van der Waals surface area contributed by atoms with E-state index in [0.29, 0.717) is 0 Å². The molecule has 0 atom stereocenters. The van der Waals surface area contributed by atoms with E-state index < -0.39 is 22.9 Å². The van der Waals surface area contributed by atoms with Crippen molar-refractivity contribution in [3.05, 3.63) is 29.1 Å². The van der Waals surface area contributed by atoms with Gasteiger partial charge in [-0.25, -0.2) is 13.8 Å². The Morgan fingerprint density at radius 3 is 2.71 bits per heavy atom. The van der Waals surface area contributed by atoms with E-state index in [4.69, 9.17) is 16.9 Å². The van der Waals surface area contributed by atoms with Crippen LogP contribution in [0.4, 0.5) is 8.78 Å². The molecule has 1 aromatic heterocycles. The fourth-order valence-corrected chi connectivity index (χ4v) is 0.952. The summed E-state index contributed by atoms with van der Waals surface area (Å²) in [6.07, 6.45) is -1.87. The van der Waals surface area contributed by atoms with Crippen LogP contribution < -0.4 is 0 Å². The number of rotatable bonds is 2. The molecule has 3 nitrogen and oxygen atoms in total. The van der Waals surface area contributed by atoms with Crippen LogP contribution in [0, 0.1) is 11.3 Å². The highest BCUT2D eigenvalue weighted by molar-refractivity contribution is 6.67. The number of aromatic nitrogens is 1. The number of nitriles is 1. The highest BCUT2D eigenvalue weighted by Gasteiger charge is 2.16. The molecule has 0 unspecified atom stereocenters. The zero-order valence-corrected chi connectivity index (χ0v) is 7.42. The molecule has 0 fully saturated rings. The molecule has 0 saturated heterocycles. The Morgan fingerprint density at radius 1 is 1.64 bits per heavy atom. The van der Waals surface area contributed by atoms with Crippen LogP contribution in [-0.2, 0) is 0 Å². The number of halogens is 3. The summed E-state index contributed by atoms with van der Waals surface area (Å²) in [6.45, 7) is 0. The third-order valence-electron chi connectivity index (χ3n) is 1.49. The molecule has 72 valence electrons. The van der Waals surface area contributed by atoms with Gasteiger partial charge in [0.1, 0.15) is 11.8 Å². The molecule has 1 rings (SSSR count). The van der Waals surface area contributed by atoms with E-state index in [1.807, 2.05) is 0 Å². The number of carbonyl (C=O) groups excluding carboxylic acids is 1. The van der Waals surface area contributed by atoms with Crippen molar-refractivity contribution >= 4 is 16.8 Å². The Hall–Kier alpha value is -1.54. The van der Waals surface area contributed by atoms with Crippen molar-refractivity contribution in [1.29, 1.82) is 5.26 Å². The third-order valence-corrected chi connectivity index (χ3v) is 1.70. The average molecular weight is 217 g/mol. The van der Waals surface area contributed by atoms with Crippen molar-refractivity contribution < 1.29 is 13.6 Å². The summed E-state index contributed by atoms with van der Waals surface area (Å²) in [7, 11) is 0. The molecule has 1 heterocycles. The summed E-state index contributed by atoms with van der Waals surface area (Å²) in [5.74, 6) is 0. The number of hydrogen-bond donors (Lipinski definition) is 0. The minimum atomic E-state index is -2.85. The normalized spacial score (nSPS) is 9.93. The minimum Gasteiger partial charge on any atom is -0.276 e. The molecule has 0 saturated carbocycles. The number of pyridine rings is 1. The predicted molar refractivity (Wildman–Crippen MR) is 44.1 cm³/mol. The van der Waals surface area contributed by atoms with E-state index in [2.05, 4.69) is 4.98 Å². The number of carbonyl (C=O) groups is 1. The van der Waals surface area contributed by atoms with Gasteiger partial charge in [-0.05, 0) is 17.7 Å². The molecule has 0 amide bonds. The van der Waals surface area contributed by atoms with Crippen molar-refractivity contribution in [3.8, 4) is 6.07 Å². The molecule has 0 spiro atoms. The zero-order valence-electron chi connectivity index (χ0n) is 6.67. The van der Waals surface area contributed by atoms with E-state index in [-0.39, 0.29) is 5.56 Å². The monoisotopic (exact) mass is 216 g/mol. The van der Waals surface area contributed by atoms with Crippen molar-refractivity contribution in [3.63, 3.8) is 0 Å². The average Bonchev–Trinajstić information content (AvgIpc) is 2.16. The van der Waals surface area contributed by atoms with E-state index in [1.165, 1.54) is 6.07 Å². The fourth-order valence-electron chi connectivity index (χ4n) is 0.849.